The number of aryl methyl sites for hydroxylation is 1. The third-order valence-electron chi connectivity index (χ3n) is 5.04. The molecule has 0 aromatic carbocycles. The van der Waals surface area contributed by atoms with Crippen molar-refractivity contribution in [1.29, 1.82) is 0 Å². The second-order valence-electron chi connectivity index (χ2n) is 6.76. The topological polar surface area (TPSA) is 37.4 Å². The first-order valence-electron chi connectivity index (χ1n) is 8.11. The number of nitrogens with zero attached hydrogens (tertiary/aromatic N) is 2. The van der Waals surface area contributed by atoms with E-state index in [4.69, 9.17) is 4.74 Å². The lowest BCUT2D eigenvalue weighted by Crippen LogP contribution is -2.62. The van der Waals surface area contributed by atoms with Gasteiger partial charge in [0.25, 0.3) is 0 Å². The van der Waals surface area contributed by atoms with Crippen molar-refractivity contribution in [2.45, 2.75) is 57.7 Å². The van der Waals surface area contributed by atoms with E-state index in [9.17, 15) is 0 Å². The minimum Gasteiger partial charge on any atom is -0.497 e. The highest BCUT2D eigenvalue weighted by Gasteiger charge is 2.39. The van der Waals surface area contributed by atoms with Crippen LogP contribution in [0.3, 0.4) is 0 Å². The fraction of sp³-hybridized carbons (Fsp3) is 0.706. The Morgan fingerprint density at radius 3 is 2.86 bits per heavy atom. The minimum atomic E-state index is 0.362. The summed E-state index contributed by atoms with van der Waals surface area (Å²) in [5.74, 6) is 0.913. The molecule has 2 fully saturated rings. The van der Waals surface area contributed by atoms with Crippen molar-refractivity contribution in [3.05, 3.63) is 23.5 Å². The number of pyridine rings is 1. The highest BCUT2D eigenvalue weighted by Crippen LogP contribution is 2.33. The molecular formula is C17H27N3O. The van der Waals surface area contributed by atoms with Gasteiger partial charge in [-0.25, -0.2) is 0 Å². The molecule has 1 aliphatic heterocycles. The first-order valence-corrected chi connectivity index (χ1v) is 8.11. The van der Waals surface area contributed by atoms with Gasteiger partial charge in [-0.2, -0.15) is 0 Å². The molecule has 21 heavy (non-hydrogen) atoms. The number of hydrogen-bond donors (Lipinski definition) is 1. The molecule has 3 rings (SSSR count). The van der Waals surface area contributed by atoms with Gasteiger partial charge in [-0.15, -0.1) is 0 Å². The molecule has 1 aromatic heterocycles. The van der Waals surface area contributed by atoms with Crippen molar-refractivity contribution >= 4 is 0 Å². The average Bonchev–Trinajstić information content (AvgIpc) is 2.91. The van der Waals surface area contributed by atoms with Crippen LogP contribution in [0.25, 0.3) is 0 Å². The van der Waals surface area contributed by atoms with E-state index >= 15 is 0 Å². The monoisotopic (exact) mass is 289 g/mol. The summed E-state index contributed by atoms with van der Waals surface area (Å²) in [7, 11) is 1.72. The SMILES string of the molecule is COc1cc(C)nc(CN2CC3(CCCC3)NCC2C)c1. The predicted molar refractivity (Wildman–Crippen MR) is 84.6 cm³/mol. The van der Waals surface area contributed by atoms with Crippen LogP contribution in [0, 0.1) is 6.92 Å². The van der Waals surface area contributed by atoms with E-state index in [-0.39, 0.29) is 0 Å². The summed E-state index contributed by atoms with van der Waals surface area (Å²) in [6, 6.07) is 4.62. The first-order chi connectivity index (χ1) is 10.1. The number of ether oxygens (including phenoxy) is 1. The molecule has 1 saturated heterocycles. The van der Waals surface area contributed by atoms with Crippen LogP contribution >= 0.6 is 0 Å². The molecule has 0 radical (unpaired) electrons. The molecular weight excluding hydrogens is 262 g/mol. The van der Waals surface area contributed by atoms with Gasteiger partial charge in [0, 0.05) is 49.0 Å². The molecule has 116 valence electrons. The number of aromatic nitrogens is 1. The van der Waals surface area contributed by atoms with Gasteiger partial charge in [-0.3, -0.25) is 9.88 Å². The minimum absolute atomic E-state index is 0.362. The zero-order valence-electron chi connectivity index (χ0n) is 13.5. The molecule has 2 heterocycles. The second-order valence-corrected chi connectivity index (χ2v) is 6.76. The molecule has 1 spiro atoms. The van der Waals surface area contributed by atoms with Crippen LogP contribution in [0.5, 0.6) is 5.75 Å². The Morgan fingerprint density at radius 2 is 2.14 bits per heavy atom. The van der Waals surface area contributed by atoms with Crippen molar-refractivity contribution in [2.24, 2.45) is 0 Å². The third kappa shape index (κ3) is 3.22. The van der Waals surface area contributed by atoms with E-state index < -0.39 is 0 Å². The lowest BCUT2D eigenvalue weighted by Gasteiger charge is -2.45. The van der Waals surface area contributed by atoms with Crippen molar-refractivity contribution in [3.63, 3.8) is 0 Å². The summed E-state index contributed by atoms with van der Waals surface area (Å²) < 4.78 is 5.37. The Morgan fingerprint density at radius 1 is 1.38 bits per heavy atom. The van der Waals surface area contributed by atoms with Gasteiger partial charge < -0.3 is 10.1 Å². The van der Waals surface area contributed by atoms with E-state index in [1.54, 1.807) is 7.11 Å². The Hall–Kier alpha value is -1.13. The van der Waals surface area contributed by atoms with Crippen LogP contribution in [0.2, 0.25) is 0 Å². The zero-order valence-corrected chi connectivity index (χ0v) is 13.5. The number of hydrogen-bond acceptors (Lipinski definition) is 4. The molecule has 1 saturated carbocycles. The summed E-state index contributed by atoms with van der Waals surface area (Å²) in [5, 5.41) is 3.81. The molecule has 1 unspecified atom stereocenters. The summed E-state index contributed by atoms with van der Waals surface area (Å²) in [4.78, 5) is 7.27. The highest BCUT2D eigenvalue weighted by atomic mass is 16.5. The molecule has 1 atom stereocenters. The number of piperazine rings is 1. The van der Waals surface area contributed by atoms with Gasteiger partial charge in [0.15, 0.2) is 0 Å². The standard InChI is InChI=1S/C17H27N3O/c1-13-8-16(21-3)9-15(19-13)11-20-12-17(6-4-5-7-17)18-10-14(20)2/h8-9,14,18H,4-7,10-12H2,1-3H3. The number of rotatable bonds is 3. The van der Waals surface area contributed by atoms with E-state index in [2.05, 4.69) is 28.2 Å². The zero-order chi connectivity index (χ0) is 14.9. The van der Waals surface area contributed by atoms with E-state index in [0.717, 1.165) is 36.8 Å². The van der Waals surface area contributed by atoms with Crippen LogP contribution < -0.4 is 10.1 Å². The quantitative estimate of drug-likeness (QED) is 0.928. The maximum atomic E-state index is 5.37. The van der Waals surface area contributed by atoms with Gasteiger partial charge >= 0.3 is 0 Å². The maximum Gasteiger partial charge on any atom is 0.122 e. The normalized spacial score (nSPS) is 25.4. The molecule has 4 nitrogen and oxygen atoms in total. The fourth-order valence-corrected chi connectivity index (χ4v) is 3.80. The molecule has 2 aliphatic rings. The Balaban J connectivity index is 1.74. The van der Waals surface area contributed by atoms with Crippen molar-refractivity contribution in [1.82, 2.24) is 15.2 Å². The molecule has 1 aromatic rings. The van der Waals surface area contributed by atoms with Crippen LogP contribution in [0.4, 0.5) is 0 Å². The molecule has 0 bridgehead atoms. The predicted octanol–water partition coefficient (Wildman–Crippen LogP) is 2.51. The number of methoxy groups -OCH3 is 1. The van der Waals surface area contributed by atoms with Crippen LogP contribution in [-0.4, -0.2) is 41.7 Å². The largest absolute Gasteiger partial charge is 0.497 e. The Kier molecular flexibility index (Phi) is 4.18. The molecule has 0 amide bonds. The molecule has 1 aliphatic carbocycles. The lowest BCUT2D eigenvalue weighted by atomic mass is 9.92. The van der Waals surface area contributed by atoms with Gasteiger partial charge in [0.05, 0.1) is 12.8 Å². The molecule has 4 heteroatoms. The average molecular weight is 289 g/mol. The Labute approximate surface area is 127 Å². The Bertz CT molecular complexity index is 497. The summed E-state index contributed by atoms with van der Waals surface area (Å²) in [6.07, 6.45) is 5.37. The summed E-state index contributed by atoms with van der Waals surface area (Å²) >= 11 is 0. The smallest absolute Gasteiger partial charge is 0.122 e. The van der Waals surface area contributed by atoms with Crippen LogP contribution in [-0.2, 0) is 6.54 Å². The van der Waals surface area contributed by atoms with Gasteiger partial charge in [0.1, 0.15) is 5.75 Å². The lowest BCUT2D eigenvalue weighted by molar-refractivity contribution is 0.0815. The molecule has 1 N–H and O–H groups in total. The highest BCUT2D eigenvalue weighted by molar-refractivity contribution is 5.26. The van der Waals surface area contributed by atoms with Gasteiger partial charge in [-0.05, 0) is 26.7 Å². The van der Waals surface area contributed by atoms with Crippen LogP contribution in [0.15, 0.2) is 12.1 Å². The van der Waals surface area contributed by atoms with Crippen molar-refractivity contribution in [2.75, 3.05) is 20.2 Å². The van der Waals surface area contributed by atoms with E-state index in [0.29, 0.717) is 11.6 Å². The third-order valence-corrected chi connectivity index (χ3v) is 5.04. The van der Waals surface area contributed by atoms with Gasteiger partial charge in [0.2, 0.25) is 0 Å². The van der Waals surface area contributed by atoms with E-state index in [1.165, 1.54) is 25.7 Å². The van der Waals surface area contributed by atoms with Crippen molar-refractivity contribution < 1.29 is 4.74 Å². The van der Waals surface area contributed by atoms with E-state index in [1.807, 2.05) is 13.0 Å². The fourth-order valence-electron chi connectivity index (χ4n) is 3.80. The summed E-state index contributed by atoms with van der Waals surface area (Å²) in [5.41, 5.74) is 2.51. The maximum absolute atomic E-state index is 5.37. The van der Waals surface area contributed by atoms with Crippen LogP contribution in [0.1, 0.15) is 44.0 Å². The van der Waals surface area contributed by atoms with Crippen molar-refractivity contribution in [3.8, 4) is 5.75 Å². The first kappa shape index (κ1) is 14.8. The number of nitrogens with one attached hydrogen (secondary N) is 1. The summed E-state index contributed by atoms with van der Waals surface area (Å²) in [6.45, 7) is 7.49. The van der Waals surface area contributed by atoms with Gasteiger partial charge in [-0.1, -0.05) is 12.8 Å². The second kappa shape index (κ2) is 5.93.